The Bertz CT molecular complexity index is 1240. The molecule has 3 rings (SSSR count). The number of carboxylic acids is 1. The lowest BCUT2D eigenvalue weighted by atomic mass is 9.73. The van der Waals surface area contributed by atoms with E-state index in [1.165, 1.54) is 21.0 Å². The maximum absolute atomic E-state index is 13.2. The summed E-state index contributed by atoms with van der Waals surface area (Å²) in [6.07, 6.45) is -14.9. The summed E-state index contributed by atoms with van der Waals surface area (Å²) in [7, 11) is 1.29. The fourth-order valence-electron chi connectivity index (χ4n) is 5.88. The van der Waals surface area contributed by atoms with E-state index in [4.69, 9.17) is 34.2 Å². The summed E-state index contributed by atoms with van der Waals surface area (Å²) < 4.78 is 33.4. The van der Waals surface area contributed by atoms with Gasteiger partial charge in [-0.2, -0.15) is 0 Å². The minimum absolute atomic E-state index is 0.247. The number of Topliss-reactive ketones (excluding diaryl/α,β-unsaturated/α-hetero) is 2. The first-order chi connectivity index (χ1) is 21.3. The van der Waals surface area contributed by atoms with Crippen LogP contribution in [0.3, 0.4) is 0 Å². The van der Waals surface area contributed by atoms with Gasteiger partial charge in [-0.15, -0.1) is 0 Å². The smallest absolute Gasteiger partial charge is 0.341 e. The van der Waals surface area contributed by atoms with Gasteiger partial charge in [-0.3, -0.25) is 19.2 Å². The molecule has 0 radical (unpaired) electrons. The summed E-state index contributed by atoms with van der Waals surface area (Å²) in [5.74, 6) is -6.33. The van der Waals surface area contributed by atoms with Gasteiger partial charge in [0.25, 0.3) is 0 Å². The molecule has 0 spiro atoms. The van der Waals surface area contributed by atoms with Crippen molar-refractivity contribution in [2.24, 2.45) is 11.7 Å². The third-order valence-corrected chi connectivity index (χ3v) is 8.92. The maximum Gasteiger partial charge on any atom is 0.341 e. The minimum Gasteiger partial charge on any atom is -0.477 e. The van der Waals surface area contributed by atoms with Crippen LogP contribution in [-0.4, -0.2) is 135 Å². The highest BCUT2D eigenvalue weighted by Crippen LogP contribution is 2.40. The first-order valence-electron chi connectivity index (χ1n) is 14.8. The summed E-state index contributed by atoms with van der Waals surface area (Å²) in [4.78, 5) is 61.6. The lowest BCUT2D eigenvalue weighted by Gasteiger charge is -2.51. The van der Waals surface area contributed by atoms with E-state index in [2.05, 4.69) is 0 Å². The van der Waals surface area contributed by atoms with Gasteiger partial charge in [0.15, 0.2) is 23.3 Å². The molecule has 2 aliphatic heterocycles. The van der Waals surface area contributed by atoms with Crippen LogP contribution in [0.25, 0.3) is 0 Å². The maximum atomic E-state index is 13.2. The van der Waals surface area contributed by atoms with Crippen molar-refractivity contribution in [2.45, 2.75) is 120 Å². The van der Waals surface area contributed by atoms with Crippen LogP contribution < -0.4 is 5.73 Å². The fourth-order valence-corrected chi connectivity index (χ4v) is 5.88. The summed E-state index contributed by atoms with van der Waals surface area (Å²) >= 11 is 0. The van der Waals surface area contributed by atoms with Gasteiger partial charge in [0.05, 0.1) is 30.2 Å². The Morgan fingerprint density at radius 1 is 1.11 bits per heavy atom. The largest absolute Gasteiger partial charge is 0.477 e. The van der Waals surface area contributed by atoms with Crippen LogP contribution in [0.5, 0.6) is 0 Å². The number of rotatable bonds is 11. The van der Waals surface area contributed by atoms with Crippen LogP contribution in [0.1, 0.15) is 53.9 Å². The number of carbonyl (C=O) groups is 5. The van der Waals surface area contributed by atoms with Crippen LogP contribution in [0.4, 0.5) is 0 Å². The highest BCUT2D eigenvalue weighted by Gasteiger charge is 2.62. The summed E-state index contributed by atoms with van der Waals surface area (Å²) in [5, 5.41) is 55.1. The second-order valence-electron chi connectivity index (χ2n) is 11.9. The summed E-state index contributed by atoms with van der Waals surface area (Å²) in [5.41, 5.74) is -1.46. The molecule has 0 amide bonds. The molecule has 2 saturated heterocycles. The van der Waals surface area contributed by atoms with E-state index in [-0.39, 0.29) is 6.42 Å². The normalized spacial score (nSPS) is 38.2. The average molecular weight is 662 g/mol. The number of ether oxygens (including phenoxy) is 6. The SMILES string of the molecule is CC[C@H](C)C(=O)O[C@@H](C)[C@@]1(O)[C@H](C)O[C@@H](O[C@H]2[C@@H](O)[C@H]([C@@]3(O)CC(=O)C(N)=C(C(=O)O)C3=O)O[C@H](COC(C)=O)[C@H]2O)C[C@@H]1OC. The van der Waals surface area contributed by atoms with Crippen molar-refractivity contribution in [2.75, 3.05) is 13.7 Å². The van der Waals surface area contributed by atoms with E-state index in [1.54, 1.807) is 13.8 Å². The molecule has 0 aromatic carbocycles. The van der Waals surface area contributed by atoms with E-state index >= 15 is 0 Å². The van der Waals surface area contributed by atoms with Crippen molar-refractivity contribution >= 4 is 29.5 Å². The van der Waals surface area contributed by atoms with Crippen molar-refractivity contribution in [3.05, 3.63) is 11.3 Å². The number of ketones is 2. The average Bonchev–Trinajstić information content (AvgIpc) is 2.98. The van der Waals surface area contributed by atoms with Crippen molar-refractivity contribution in [3.63, 3.8) is 0 Å². The lowest BCUT2D eigenvalue weighted by Crippen LogP contribution is -2.70. The van der Waals surface area contributed by atoms with Crippen LogP contribution in [0.2, 0.25) is 0 Å². The summed E-state index contributed by atoms with van der Waals surface area (Å²) in [6.45, 7) is 6.80. The van der Waals surface area contributed by atoms with Crippen molar-refractivity contribution < 1.29 is 77.9 Å². The number of hydrogen-bond donors (Lipinski definition) is 6. The molecule has 260 valence electrons. The highest BCUT2D eigenvalue weighted by molar-refractivity contribution is 6.27. The fraction of sp³-hybridized carbons (Fsp3) is 0.759. The molecule has 17 nitrogen and oxygen atoms in total. The quantitative estimate of drug-likeness (QED) is 0.102. The number of esters is 2. The van der Waals surface area contributed by atoms with E-state index in [9.17, 15) is 49.5 Å². The monoisotopic (exact) mass is 661 g/mol. The number of hydrogen-bond acceptors (Lipinski definition) is 16. The Morgan fingerprint density at radius 3 is 2.28 bits per heavy atom. The van der Waals surface area contributed by atoms with E-state index in [0.29, 0.717) is 6.42 Å². The first-order valence-corrected chi connectivity index (χ1v) is 14.8. The standard InChI is InChI=1S/C29H43NO16/c1-7-11(2)27(38)44-13(4)29(40)12(3)43-18(8-17(29)41-6)46-23-21(33)16(10-42-14(5)31)45-25(22(23)34)28(39)9-15(32)20(30)19(24(28)35)26(36)37/h11-13,16-18,21-23,25,33-34,39-40H,7-10,30H2,1-6H3,(H,36,37)/t11-,12-,13-,16+,17-,18-,21+,22+,23+,25+,28+,29-/m0/s1. The molecule has 0 bridgehead atoms. The lowest BCUT2D eigenvalue weighted by molar-refractivity contribution is -0.343. The van der Waals surface area contributed by atoms with Crippen LogP contribution in [0, 0.1) is 5.92 Å². The van der Waals surface area contributed by atoms with Crippen LogP contribution in [-0.2, 0) is 52.4 Å². The van der Waals surface area contributed by atoms with Gasteiger partial charge >= 0.3 is 17.9 Å². The van der Waals surface area contributed by atoms with Gasteiger partial charge in [0.2, 0.25) is 5.78 Å². The van der Waals surface area contributed by atoms with Crippen molar-refractivity contribution in [3.8, 4) is 0 Å². The zero-order chi connectivity index (χ0) is 34.9. The molecule has 1 aliphatic carbocycles. The number of aliphatic carboxylic acids is 1. The van der Waals surface area contributed by atoms with E-state index < -0.39 is 126 Å². The molecular weight excluding hydrogens is 618 g/mol. The first kappa shape index (κ1) is 37.4. The molecule has 12 atom stereocenters. The molecule has 0 saturated carbocycles. The van der Waals surface area contributed by atoms with Crippen LogP contribution in [0.15, 0.2) is 11.3 Å². The number of methoxy groups -OCH3 is 1. The molecule has 2 heterocycles. The Balaban J connectivity index is 1.93. The van der Waals surface area contributed by atoms with Gasteiger partial charge in [-0.25, -0.2) is 4.79 Å². The topological polar surface area (TPSA) is 268 Å². The second-order valence-corrected chi connectivity index (χ2v) is 11.9. The predicted octanol–water partition coefficient (Wildman–Crippen LogP) is -2.15. The van der Waals surface area contributed by atoms with Gasteiger partial charge in [-0.1, -0.05) is 13.8 Å². The zero-order valence-electron chi connectivity index (χ0n) is 26.4. The molecular formula is C29H43NO16. The molecule has 3 aliphatic rings. The molecule has 7 N–H and O–H groups in total. The molecule has 0 aromatic rings. The number of allylic oxidation sites excluding steroid dienone is 1. The van der Waals surface area contributed by atoms with Crippen molar-refractivity contribution in [1.29, 1.82) is 0 Å². The molecule has 2 fully saturated rings. The third kappa shape index (κ3) is 6.96. The highest BCUT2D eigenvalue weighted by atomic mass is 16.7. The summed E-state index contributed by atoms with van der Waals surface area (Å²) in [6, 6.07) is 0. The second kappa shape index (κ2) is 14.4. The van der Waals surface area contributed by atoms with E-state index in [0.717, 1.165) is 6.92 Å². The molecule has 17 heteroatoms. The molecule has 0 unspecified atom stereocenters. The molecule has 0 aromatic heterocycles. The number of carbonyl (C=O) groups excluding carboxylic acids is 4. The number of nitrogens with two attached hydrogens (primary N) is 1. The number of aliphatic hydroxyl groups excluding tert-OH is 2. The Kier molecular flexibility index (Phi) is 11.7. The number of carboxylic acid groups (broad SMARTS) is 1. The van der Waals surface area contributed by atoms with Gasteiger partial charge in [0, 0.05) is 20.5 Å². The number of aliphatic hydroxyl groups is 4. The molecule has 46 heavy (non-hydrogen) atoms. The van der Waals surface area contributed by atoms with Gasteiger partial charge in [0.1, 0.15) is 48.8 Å². The minimum atomic E-state index is -2.99. The Labute approximate surface area is 264 Å². The Morgan fingerprint density at radius 2 is 1.74 bits per heavy atom. The van der Waals surface area contributed by atoms with Crippen molar-refractivity contribution in [1.82, 2.24) is 0 Å². The predicted molar refractivity (Wildman–Crippen MR) is 150 cm³/mol. The van der Waals surface area contributed by atoms with Gasteiger partial charge in [-0.05, 0) is 20.3 Å². The van der Waals surface area contributed by atoms with Gasteiger partial charge < -0.3 is 59.7 Å². The third-order valence-electron chi connectivity index (χ3n) is 8.92. The Hall–Kier alpha value is -3.03. The zero-order valence-corrected chi connectivity index (χ0v) is 26.4. The van der Waals surface area contributed by atoms with E-state index in [1.807, 2.05) is 0 Å². The van der Waals surface area contributed by atoms with Crippen LogP contribution >= 0.6 is 0 Å².